The number of piperidine rings is 1. The van der Waals surface area contributed by atoms with Crippen LogP contribution in [0, 0.1) is 0 Å². The van der Waals surface area contributed by atoms with E-state index in [1.807, 2.05) is 37.3 Å². The predicted molar refractivity (Wildman–Crippen MR) is 80.0 cm³/mol. The van der Waals surface area contributed by atoms with Crippen molar-refractivity contribution < 1.29 is 14.7 Å². The maximum absolute atomic E-state index is 12.4. The summed E-state index contributed by atoms with van der Waals surface area (Å²) in [6.45, 7) is 2.56. The molecule has 0 saturated carbocycles. The van der Waals surface area contributed by atoms with E-state index in [1.54, 1.807) is 4.90 Å². The predicted octanol–water partition coefficient (Wildman–Crippen LogP) is 2.79. The van der Waals surface area contributed by atoms with E-state index in [0.29, 0.717) is 6.54 Å². The van der Waals surface area contributed by atoms with Gasteiger partial charge in [0.25, 0.3) is 0 Å². The molecule has 2 atom stereocenters. The second-order valence-electron chi connectivity index (χ2n) is 5.52. The third-order valence-electron chi connectivity index (χ3n) is 3.94. The number of carboxylic acid groups (broad SMARTS) is 1. The van der Waals surface area contributed by atoms with Crippen molar-refractivity contribution in [3.63, 3.8) is 0 Å². The van der Waals surface area contributed by atoms with E-state index in [-0.39, 0.29) is 24.5 Å². The Morgan fingerprint density at radius 1 is 1.33 bits per heavy atom. The number of hydrogen-bond acceptors (Lipinski definition) is 2. The molecule has 2 amide bonds. The van der Waals surface area contributed by atoms with Crippen molar-refractivity contribution in [3.05, 3.63) is 35.9 Å². The van der Waals surface area contributed by atoms with Crippen molar-refractivity contribution in [2.45, 2.75) is 44.7 Å². The summed E-state index contributed by atoms with van der Waals surface area (Å²) in [5, 5.41) is 11.9. The molecule has 0 bridgehead atoms. The zero-order valence-electron chi connectivity index (χ0n) is 12.3. The molecule has 1 aliphatic heterocycles. The van der Waals surface area contributed by atoms with Crippen LogP contribution in [0.15, 0.2) is 30.3 Å². The standard InChI is InChI=1S/C16H22N2O3/c1-12(13-7-3-2-4-8-13)17-16(21)18-10-6-5-9-14(18)11-15(19)20/h2-4,7-8,12,14H,5-6,9-11H2,1H3,(H,17,21)(H,19,20). The van der Waals surface area contributed by atoms with Crippen LogP contribution in [-0.4, -0.2) is 34.6 Å². The molecule has 0 spiro atoms. The van der Waals surface area contributed by atoms with Gasteiger partial charge in [0, 0.05) is 12.6 Å². The summed E-state index contributed by atoms with van der Waals surface area (Å²) in [6, 6.07) is 9.29. The number of nitrogens with one attached hydrogen (secondary N) is 1. The lowest BCUT2D eigenvalue weighted by molar-refractivity contribution is -0.138. The monoisotopic (exact) mass is 290 g/mol. The van der Waals surface area contributed by atoms with E-state index in [0.717, 1.165) is 24.8 Å². The summed E-state index contributed by atoms with van der Waals surface area (Å²) in [6.07, 6.45) is 2.70. The lowest BCUT2D eigenvalue weighted by Gasteiger charge is -2.35. The highest BCUT2D eigenvalue weighted by Gasteiger charge is 2.29. The van der Waals surface area contributed by atoms with Gasteiger partial charge in [0.05, 0.1) is 12.5 Å². The van der Waals surface area contributed by atoms with Gasteiger partial charge in [0.15, 0.2) is 0 Å². The second kappa shape index (κ2) is 7.11. The number of amides is 2. The van der Waals surface area contributed by atoms with E-state index < -0.39 is 5.97 Å². The van der Waals surface area contributed by atoms with Crippen molar-refractivity contribution in [1.82, 2.24) is 10.2 Å². The van der Waals surface area contributed by atoms with Crippen LogP contribution in [0.3, 0.4) is 0 Å². The summed E-state index contributed by atoms with van der Waals surface area (Å²) in [5.41, 5.74) is 1.04. The van der Waals surface area contributed by atoms with E-state index >= 15 is 0 Å². The molecule has 5 heteroatoms. The fraction of sp³-hybridized carbons (Fsp3) is 0.500. The van der Waals surface area contributed by atoms with Gasteiger partial charge in [-0.1, -0.05) is 30.3 Å². The van der Waals surface area contributed by atoms with Crippen LogP contribution in [0.1, 0.15) is 44.2 Å². The zero-order valence-corrected chi connectivity index (χ0v) is 12.3. The minimum atomic E-state index is -0.851. The summed E-state index contributed by atoms with van der Waals surface area (Å²) in [4.78, 5) is 25.0. The zero-order chi connectivity index (χ0) is 15.2. The Balaban J connectivity index is 1.98. The Hall–Kier alpha value is -2.04. The topological polar surface area (TPSA) is 69.6 Å². The van der Waals surface area contributed by atoms with Crippen LogP contribution in [0.4, 0.5) is 4.79 Å². The molecule has 1 saturated heterocycles. The van der Waals surface area contributed by atoms with Crippen molar-refractivity contribution >= 4 is 12.0 Å². The summed E-state index contributed by atoms with van der Waals surface area (Å²) in [7, 11) is 0. The molecular weight excluding hydrogens is 268 g/mol. The van der Waals surface area contributed by atoms with Crippen LogP contribution in [0.5, 0.6) is 0 Å². The number of carboxylic acids is 1. The molecule has 2 N–H and O–H groups in total. The van der Waals surface area contributed by atoms with Gasteiger partial charge < -0.3 is 15.3 Å². The molecule has 1 fully saturated rings. The minimum Gasteiger partial charge on any atom is -0.481 e. The van der Waals surface area contributed by atoms with Gasteiger partial charge in [-0.05, 0) is 31.7 Å². The van der Waals surface area contributed by atoms with E-state index in [9.17, 15) is 9.59 Å². The van der Waals surface area contributed by atoms with Crippen LogP contribution in [0.25, 0.3) is 0 Å². The molecule has 21 heavy (non-hydrogen) atoms. The Morgan fingerprint density at radius 2 is 2.05 bits per heavy atom. The number of rotatable bonds is 4. The average Bonchev–Trinajstić information content (AvgIpc) is 2.48. The third kappa shape index (κ3) is 4.21. The molecule has 0 aliphatic carbocycles. The number of carbonyl (C=O) groups excluding carboxylic acids is 1. The number of aliphatic carboxylic acids is 1. The summed E-state index contributed by atoms with van der Waals surface area (Å²) in [5.74, 6) is -0.851. The minimum absolute atomic E-state index is 0.0210. The van der Waals surface area contributed by atoms with Gasteiger partial charge in [-0.15, -0.1) is 0 Å². The van der Waals surface area contributed by atoms with Crippen LogP contribution in [0.2, 0.25) is 0 Å². The van der Waals surface area contributed by atoms with Gasteiger partial charge in [0.2, 0.25) is 0 Å². The van der Waals surface area contributed by atoms with Crippen LogP contribution >= 0.6 is 0 Å². The summed E-state index contributed by atoms with van der Waals surface area (Å²) >= 11 is 0. The first-order chi connectivity index (χ1) is 10.1. The molecular formula is C16H22N2O3. The molecule has 1 aromatic rings. The van der Waals surface area contributed by atoms with Crippen molar-refractivity contribution in [2.24, 2.45) is 0 Å². The number of hydrogen-bond donors (Lipinski definition) is 2. The van der Waals surface area contributed by atoms with Gasteiger partial charge in [-0.2, -0.15) is 0 Å². The second-order valence-corrected chi connectivity index (χ2v) is 5.52. The third-order valence-corrected chi connectivity index (χ3v) is 3.94. The lowest BCUT2D eigenvalue weighted by Crippen LogP contribution is -2.49. The number of carbonyl (C=O) groups is 2. The molecule has 0 aromatic heterocycles. The molecule has 2 unspecified atom stereocenters. The van der Waals surface area contributed by atoms with Crippen molar-refractivity contribution in [3.8, 4) is 0 Å². The number of benzene rings is 1. The highest BCUT2D eigenvalue weighted by atomic mass is 16.4. The first-order valence-electron chi connectivity index (χ1n) is 7.42. The average molecular weight is 290 g/mol. The maximum Gasteiger partial charge on any atom is 0.318 e. The smallest absolute Gasteiger partial charge is 0.318 e. The molecule has 1 aromatic carbocycles. The first-order valence-corrected chi connectivity index (χ1v) is 7.42. The quantitative estimate of drug-likeness (QED) is 0.896. The fourth-order valence-electron chi connectivity index (χ4n) is 2.77. The molecule has 114 valence electrons. The molecule has 0 radical (unpaired) electrons. The summed E-state index contributed by atoms with van der Waals surface area (Å²) < 4.78 is 0. The maximum atomic E-state index is 12.4. The highest BCUT2D eigenvalue weighted by Crippen LogP contribution is 2.21. The molecule has 5 nitrogen and oxygen atoms in total. The van der Waals surface area contributed by atoms with Crippen molar-refractivity contribution in [1.29, 1.82) is 0 Å². The van der Waals surface area contributed by atoms with E-state index in [2.05, 4.69) is 5.32 Å². The molecule has 2 rings (SSSR count). The largest absolute Gasteiger partial charge is 0.481 e. The van der Waals surface area contributed by atoms with E-state index in [1.165, 1.54) is 0 Å². The fourth-order valence-corrected chi connectivity index (χ4v) is 2.77. The molecule has 1 heterocycles. The van der Waals surface area contributed by atoms with E-state index in [4.69, 9.17) is 5.11 Å². The Morgan fingerprint density at radius 3 is 2.71 bits per heavy atom. The van der Waals surface area contributed by atoms with Crippen LogP contribution in [-0.2, 0) is 4.79 Å². The lowest BCUT2D eigenvalue weighted by atomic mass is 10.00. The van der Waals surface area contributed by atoms with Gasteiger partial charge in [-0.3, -0.25) is 4.79 Å². The van der Waals surface area contributed by atoms with Gasteiger partial charge >= 0.3 is 12.0 Å². The number of nitrogens with zero attached hydrogens (tertiary/aromatic N) is 1. The normalized spacial score (nSPS) is 19.9. The Labute approximate surface area is 125 Å². The molecule has 1 aliphatic rings. The van der Waals surface area contributed by atoms with Crippen molar-refractivity contribution in [2.75, 3.05) is 6.54 Å². The Bertz CT molecular complexity index is 490. The van der Waals surface area contributed by atoms with Gasteiger partial charge in [-0.25, -0.2) is 4.79 Å². The SMILES string of the molecule is CC(NC(=O)N1CCCCC1CC(=O)O)c1ccccc1. The first kappa shape index (κ1) is 15.4. The number of likely N-dealkylation sites (tertiary alicyclic amines) is 1. The highest BCUT2D eigenvalue weighted by molar-refractivity contribution is 5.76. The van der Waals surface area contributed by atoms with Crippen LogP contribution < -0.4 is 5.32 Å². The number of urea groups is 1. The van der Waals surface area contributed by atoms with Gasteiger partial charge in [0.1, 0.15) is 0 Å². The Kier molecular flexibility index (Phi) is 5.20.